The van der Waals surface area contributed by atoms with E-state index >= 15 is 0 Å². The van der Waals surface area contributed by atoms with Gasteiger partial charge in [-0.3, -0.25) is 9.89 Å². The van der Waals surface area contributed by atoms with Crippen LogP contribution in [0.1, 0.15) is 24.4 Å². The van der Waals surface area contributed by atoms with Crippen molar-refractivity contribution in [2.45, 2.75) is 19.4 Å². The molecule has 0 bridgehead atoms. The lowest BCUT2D eigenvalue weighted by Gasteiger charge is -2.15. The molecule has 0 aliphatic carbocycles. The number of pyridine rings is 1. The predicted octanol–water partition coefficient (Wildman–Crippen LogP) is 2.91. The van der Waals surface area contributed by atoms with Crippen LogP contribution in [0.2, 0.25) is 0 Å². The molecule has 1 atom stereocenters. The van der Waals surface area contributed by atoms with Gasteiger partial charge in [0.1, 0.15) is 17.2 Å². The van der Waals surface area contributed by atoms with Crippen molar-refractivity contribution in [1.29, 1.82) is 0 Å². The number of aromatic nitrogens is 5. The van der Waals surface area contributed by atoms with Crippen molar-refractivity contribution < 1.29 is 9.18 Å². The lowest BCUT2D eigenvalue weighted by molar-refractivity contribution is -0.119. The van der Waals surface area contributed by atoms with E-state index in [1.165, 1.54) is 19.1 Å². The standard InChI is InChI=1S/C19H17FN6O/c1-11(27)24-16(6-12-3-2-4-15(20)5-12)19-25-17-7-13(8-21-18(17)26-19)14-9-22-23-10-14/h2-5,7-10,16H,6H2,1H3,(H,22,23)(H,24,27)(H,21,25,26). The number of halogens is 1. The zero-order chi connectivity index (χ0) is 18.8. The van der Waals surface area contributed by atoms with Crippen molar-refractivity contribution in [1.82, 2.24) is 30.5 Å². The summed E-state index contributed by atoms with van der Waals surface area (Å²) in [6, 6.07) is 7.78. The molecule has 3 aromatic heterocycles. The minimum atomic E-state index is -0.420. The molecule has 1 unspecified atom stereocenters. The smallest absolute Gasteiger partial charge is 0.217 e. The first-order chi connectivity index (χ1) is 13.1. The van der Waals surface area contributed by atoms with Crippen LogP contribution in [0.15, 0.2) is 48.9 Å². The number of carbonyl (C=O) groups excluding carboxylic acids is 1. The molecule has 0 radical (unpaired) electrons. The molecule has 3 heterocycles. The van der Waals surface area contributed by atoms with Crippen LogP contribution >= 0.6 is 0 Å². The monoisotopic (exact) mass is 364 g/mol. The SMILES string of the molecule is CC(=O)NC(Cc1cccc(F)c1)c1nc2cc(-c3cn[nH]c3)cnc2[nH]1. The van der Waals surface area contributed by atoms with E-state index in [-0.39, 0.29) is 11.7 Å². The second-order valence-electron chi connectivity index (χ2n) is 6.29. The van der Waals surface area contributed by atoms with E-state index in [0.29, 0.717) is 23.4 Å². The minimum Gasteiger partial charge on any atom is -0.346 e. The Labute approximate surface area is 154 Å². The van der Waals surface area contributed by atoms with Gasteiger partial charge in [-0.2, -0.15) is 5.10 Å². The molecular weight excluding hydrogens is 347 g/mol. The van der Waals surface area contributed by atoms with Gasteiger partial charge in [-0.15, -0.1) is 0 Å². The highest BCUT2D eigenvalue weighted by Crippen LogP contribution is 2.23. The third kappa shape index (κ3) is 3.69. The van der Waals surface area contributed by atoms with Crippen LogP contribution in [0.25, 0.3) is 22.3 Å². The Kier molecular flexibility index (Phi) is 4.37. The van der Waals surface area contributed by atoms with Crippen LogP contribution in [0.3, 0.4) is 0 Å². The number of aromatic amines is 2. The molecule has 4 rings (SSSR count). The Hall–Kier alpha value is -3.55. The van der Waals surface area contributed by atoms with E-state index in [1.54, 1.807) is 24.7 Å². The average Bonchev–Trinajstić information content (AvgIpc) is 3.30. The third-order valence-electron chi connectivity index (χ3n) is 4.22. The zero-order valence-electron chi connectivity index (χ0n) is 14.5. The van der Waals surface area contributed by atoms with Gasteiger partial charge in [-0.1, -0.05) is 12.1 Å². The van der Waals surface area contributed by atoms with Crippen LogP contribution in [-0.2, 0) is 11.2 Å². The second-order valence-corrected chi connectivity index (χ2v) is 6.29. The fourth-order valence-corrected chi connectivity index (χ4v) is 3.01. The minimum absolute atomic E-state index is 0.191. The van der Waals surface area contributed by atoms with Gasteiger partial charge in [-0.25, -0.2) is 14.4 Å². The normalized spacial score (nSPS) is 12.2. The molecule has 3 N–H and O–H groups in total. The Morgan fingerprint density at radius 3 is 2.89 bits per heavy atom. The molecule has 0 aliphatic heterocycles. The van der Waals surface area contributed by atoms with Crippen molar-refractivity contribution >= 4 is 17.1 Å². The number of hydrogen-bond acceptors (Lipinski definition) is 4. The summed E-state index contributed by atoms with van der Waals surface area (Å²) < 4.78 is 13.5. The number of hydrogen-bond donors (Lipinski definition) is 3. The molecule has 0 aliphatic rings. The molecule has 7 nitrogen and oxygen atoms in total. The first-order valence-electron chi connectivity index (χ1n) is 8.45. The Morgan fingerprint density at radius 2 is 2.15 bits per heavy atom. The van der Waals surface area contributed by atoms with Crippen molar-refractivity contribution in [2.24, 2.45) is 0 Å². The molecule has 4 aromatic rings. The van der Waals surface area contributed by atoms with Crippen molar-refractivity contribution in [2.75, 3.05) is 0 Å². The number of carbonyl (C=O) groups is 1. The molecule has 1 aromatic carbocycles. The number of fused-ring (bicyclic) bond motifs is 1. The predicted molar refractivity (Wildman–Crippen MR) is 98.1 cm³/mol. The molecule has 0 fully saturated rings. The van der Waals surface area contributed by atoms with E-state index in [0.717, 1.165) is 16.7 Å². The van der Waals surface area contributed by atoms with Crippen LogP contribution in [0, 0.1) is 5.82 Å². The summed E-state index contributed by atoms with van der Waals surface area (Å²) in [6.07, 6.45) is 5.63. The Morgan fingerprint density at radius 1 is 1.26 bits per heavy atom. The van der Waals surface area contributed by atoms with E-state index in [4.69, 9.17) is 0 Å². The van der Waals surface area contributed by atoms with Gasteiger partial charge in [0.2, 0.25) is 5.91 Å². The first kappa shape index (κ1) is 16.9. The van der Waals surface area contributed by atoms with E-state index < -0.39 is 6.04 Å². The number of imidazole rings is 1. The van der Waals surface area contributed by atoms with Crippen molar-refractivity contribution in [3.63, 3.8) is 0 Å². The number of amides is 1. The van der Waals surface area contributed by atoms with Gasteiger partial charge < -0.3 is 10.3 Å². The first-order valence-corrected chi connectivity index (χ1v) is 8.45. The summed E-state index contributed by atoms with van der Waals surface area (Å²) in [7, 11) is 0. The highest BCUT2D eigenvalue weighted by atomic mass is 19.1. The third-order valence-corrected chi connectivity index (χ3v) is 4.22. The Bertz CT molecular complexity index is 1090. The maximum atomic E-state index is 13.5. The van der Waals surface area contributed by atoms with E-state index in [1.807, 2.05) is 12.1 Å². The lowest BCUT2D eigenvalue weighted by atomic mass is 10.1. The van der Waals surface area contributed by atoms with Crippen molar-refractivity contribution in [3.8, 4) is 11.1 Å². The number of H-pyrrole nitrogens is 2. The topological polar surface area (TPSA) is 99.3 Å². The quantitative estimate of drug-likeness (QED) is 0.507. The number of benzene rings is 1. The maximum absolute atomic E-state index is 13.5. The van der Waals surface area contributed by atoms with Crippen molar-refractivity contribution in [3.05, 3.63) is 66.1 Å². The maximum Gasteiger partial charge on any atom is 0.217 e. The van der Waals surface area contributed by atoms with Gasteiger partial charge in [0, 0.05) is 30.4 Å². The summed E-state index contributed by atoms with van der Waals surface area (Å²) in [5, 5.41) is 9.58. The van der Waals surface area contributed by atoms with Gasteiger partial charge in [-0.05, 0) is 30.2 Å². The summed E-state index contributed by atoms with van der Waals surface area (Å²) >= 11 is 0. The molecule has 27 heavy (non-hydrogen) atoms. The van der Waals surface area contributed by atoms with Crippen LogP contribution in [0.4, 0.5) is 4.39 Å². The number of nitrogens with one attached hydrogen (secondary N) is 3. The largest absolute Gasteiger partial charge is 0.346 e. The lowest BCUT2D eigenvalue weighted by Crippen LogP contribution is -2.28. The zero-order valence-corrected chi connectivity index (χ0v) is 14.5. The average molecular weight is 364 g/mol. The highest BCUT2D eigenvalue weighted by molar-refractivity contribution is 5.78. The molecular formula is C19H17FN6O. The number of nitrogens with zero attached hydrogens (tertiary/aromatic N) is 3. The summed E-state index contributed by atoms with van der Waals surface area (Å²) in [5.74, 6) is 0.0651. The van der Waals surface area contributed by atoms with Gasteiger partial charge >= 0.3 is 0 Å². The Balaban J connectivity index is 1.68. The molecule has 0 spiro atoms. The summed E-state index contributed by atoms with van der Waals surface area (Å²) in [4.78, 5) is 23.8. The second kappa shape index (κ2) is 6.99. The van der Waals surface area contributed by atoms with Crippen LogP contribution in [-0.4, -0.2) is 31.1 Å². The van der Waals surface area contributed by atoms with Crippen LogP contribution < -0.4 is 5.32 Å². The summed E-state index contributed by atoms with van der Waals surface area (Å²) in [6.45, 7) is 1.44. The fourth-order valence-electron chi connectivity index (χ4n) is 3.01. The highest BCUT2D eigenvalue weighted by Gasteiger charge is 2.19. The number of rotatable bonds is 5. The fraction of sp³-hybridized carbons (Fsp3) is 0.158. The molecule has 0 saturated carbocycles. The molecule has 0 saturated heterocycles. The van der Waals surface area contributed by atoms with Gasteiger partial charge in [0.05, 0.1) is 12.2 Å². The molecule has 1 amide bonds. The summed E-state index contributed by atoms with van der Waals surface area (Å²) in [5.41, 5.74) is 3.86. The molecule has 8 heteroatoms. The van der Waals surface area contributed by atoms with Gasteiger partial charge in [0.25, 0.3) is 0 Å². The van der Waals surface area contributed by atoms with E-state index in [2.05, 4.69) is 30.5 Å². The van der Waals surface area contributed by atoms with Gasteiger partial charge in [0.15, 0.2) is 5.65 Å². The van der Waals surface area contributed by atoms with Crippen LogP contribution in [0.5, 0.6) is 0 Å². The van der Waals surface area contributed by atoms with E-state index in [9.17, 15) is 9.18 Å². The molecule has 136 valence electrons.